The normalized spacial score (nSPS) is 10.7. The Bertz CT molecular complexity index is 699. The van der Waals surface area contributed by atoms with Crippen LogP contribution in [0.2, 0.25) is 0 Å². The van der Waals surface area contributed by atoms with Crippen LogP contribution in [0, 0.1) is 5.21 Å². The fourth-order valence-electron chi connectivity index (χ4n) is 1.63. The molecule has 0 aliphatic rings. The molecule has 0 saturated heterocycles. The van der Waals surface area contributed by atoms with Crippen molar-refractivity contribution in [3.8, 4) is 0 Å². The molecule has 0 unspecified atom stereocenters. The minimum Gasteiger partial charge on any atom is -0.710 e. The largest absolute Gasteiger partial charge is 0.710 e. The van der Waals surface area contributed by atoms with E-state index in [1.54, 1.807) is 0 Å². The van der Waals surface area contributed by atoms with Gasteiger partial charge in [-0.25, -0.2) is 14.3 Å². The number of aryl methyl sites for hydroxylation is 1. The molecular weight excluding hydrogens is 288 g/mol. The highest BCUT2D eigenvalue weighted by atomic mass is 32.2. The number of ether oxygens (including phenoxy) is 1. The zero-order valence-electron chi connectivity index (χ0n) is 10.5. The molecule has 2 heterocycles. The molecule has 0 fully saturated rings. The molecule has 0 bridgehead atoms. The van der Waals surface area contributed by atoms with Crippen molar-refractivity contribution < 1.29 is 24.2 Å². The molecule has 0 saturated carbocycles. The summed E-state index contributed by atoms with van der Waals surface area (Å²) in [5.74, 6) is -2.75. The SMILES string of the molecule is COC(=O)CSc1ncnc2c1[n+]([O-])c(C(=O)[O-])n2C. The van der Waals surface area contributed by atoms with Crippen LogP contribution in [0.3, 0.4) is 0 Å². The number of hydrogen-bond acceptors (Lipinski definition) is 8. The number of methoxy groups -OCH3 is 1. The second-order valence-electron chi connectivity index (χ2n) is 3.68. The van der Waals surface area contributed by atoms with Gasteiger partial charge in [-0.1, -0.05) is 11.8 Å². The quantitative estimate of drug-likeness (QED) is 0.213. The van der Waals surface area contributed by atoms with Gasteiger partial charge in [0.05, 0.1) is 19.9 Å². The summed E-state index contributed by atoms with van der Waals surface area (Å²) in [6.07, 6.45) is 1.18. The van der Waals surface area contributed by atoms with Gasteiger partial charge in [-0.15, -0.1) is 0 Å². The Morgan fingerprint density at radius 2 is 2.20 bits per heavy atom. The first-order valence-corrected chi connectivity index (χ1v) is 6.29. The molecular formula is C10H9N4O5S-. The Kier molecular flexibility index (Phi) is 3.74. The zero-order chi connectivity index (χ0) is 14.9. The van der Waals surface area contributed by atoms with E-state index in [9.17, 15) is 19.9 Å². The van der Waals surface area contributed by atoms with E-state index in [1.165, 1.54) is 20.5 Å². The molecule has 2 rings (SSSR count). The van der Waals surface area contributed by atoms with Gasteiger partial charge in [0, 0.05) is 0 Å². The third-order valence-corrected chi connectivity index (χ3v) is 3.49. The number of imidazole rings is 1. The van der Waals surface area contributed by atoms with Gasteiger partial charge in [0.2, 0.25) is 5.52 Å². The predicted octanol–water partition coefficient (Wildman–Crippen LogP) is -1.77. The van der Waals surface area contributed by atoms with Gasteiger partial charge in [0.1, 0.15) is 6.33 Å². The number of fused-ring (bicyclic) bond motifs is 1. The van der Waals surface area contributed by atoms with Crippen molar-refractivity contribution in [3.05, 3.63) is 17.4 Å². The van der Waals surface area contributed by atoms with Crippen molar-refractivity contribution in [2.24, 2.45) is 7.05 Å². The van der Waals surface area contributed by atoms with Crippen molar-refractivity contribution in [3.63, 3.8) is 0 Å². The topological polar surface area (TPSA) is 124 Å². The van der Waals surface area contributed by atoms with Crippen molar-refractivity contribution in [1.29, 1.82) is 0 Å². The van der Waals surface area contributed by atoms with Crippen LogP contribution in [0.15, 0.2) is 11.4 Å². The highest BCUT2D eigenvalue weighted by molar-refractivity contribution is 8.00. The van der Waals surface area contributed by atoms with E-state index >= 15 is 0 Å². The summed E-state index contributed by atoms with van der Waals surface area (Å²) >= 11 is 0.957. The number of esters is 1. The van der Waals surface area contributed by atoms with Crippen molar-refractivity contribution in [2.45, 2.75) is 5.03 Å². The molecule has 0 atom stereocenters. The molecule has 0 amide bonds. The van der Waals surface area contributed by atoms with Crippen molar-refractivity contribution in [2.75, 3.05) is 12.9 Å². The van der Waals surface area contributed by atoms with E-state index in [1.807, 2.05) is 0 Å². The number of carboxylic acids is 1. The Morgan fingerprint density at radius 1 is 1.50 bits per heavy atom. The number of thioether (sulfide) groups is 1. The van der Waals surface area contributed by atoms with Gasteiger partial charge < -0.3 is 19.8 Å². The molecule has 0 aliphatic carbocycles. The molecule has 0 aliphatic heterocycles. The number of nitrogens with zero attached hydrogens (tertiary/aromatic N) is 4. The Morgan fingerprint density at radius 3 is 2.80 bits per heavy atom. The van der Waals surface area contributed by atoms with E-state index in [0.717, 1.165) is 16.3 Å². The van der Waals surface area contributed by atoms with Gasteiger partial charge in [-0.05, 0) is 0 Å². The lowest BCUT2D eigenvalue weighted by molar-refractivity contribution is -0.586. The Labute approximate surface area is 116 Å². The lowest BCUT2D eigenvalue weighted by Gasteiger charge is -2.05. The molecule has 0 spiro atoms. The van der Waals surface area contributed by atoms with E-state index in [4.69, 9.17) is 0 Å². The number of aromatic nitrogens is 4. The highest BCUT2D eigenvalue weighted by Crippen LogP contribution is 2.22. The van der Waals surface area contributed by atoms with Crippen molar-refractivity contribution in [1.82, 2.24) is 14.5 Å². The molecule has 10 heteroatoms. The van der Waals surface area contributed by atoms with E-state index in [2.05, 4.69) is 14.7 Å². The molecule has 0 aromatic carbocycles. The zero-order valence-corrected chi connectivity index (χ0v) is 11.3. The van der Waals surface area contributed by atoms with E-state index in [-0.39, 0.29) is 26.7 Å². The number of carboxylic acid groups (broad SMARTS) is 1. The van der Waals surface area contributed by atoms with Crippen LogP contribution < -0.4 is 9.84 Å². The maximum Gasteiger partial charge on any atom is 0.316 e. The average Bonchev–Trinajstić information content (AvgIpc) is 2.68. The van der Waals surface area contributed by atoms with Crippen LogP contribution in [0.5, 0.6) is 0 Å². The summed E-state index contributed by atoms with van der Waals surface area (Å²) in [6, 6.07) is 0. The summed E-state index contributed by atoms with van der Waals surface area (Å²) in [7, 11) is 2.62. The molecule has 106 valence electrons. The van der Waals surface area contributed by atoms with Crippen LogP contribution in [0.1, 0.15) is 10.6 Å². The van der Waals surface area contributed by atoms with Crippen molar-refractivity contribution >= 4 is 34.9 Å². The summed E-state index contributed by atoms with van der Waals surface area (Å²) in [6.45, 7) is 0. The molecule has 20 heavy (non-hydrogen) atoms. The smallest absolute Gasteiger partial charge is 0.316 e. The highest BCUT2D eigenvalue weighted by Gasteiger charge is 2.24. The van der Waals surface area contributed by atoms with Crippen LogP contribution in [0.4, 0.5) is 0 Å². The maximum absolute atomic E-state index is 12.0. The standard InChI is InChI=1S/C10H10N4O5S/c1-13-7-6(14(18)9(13)10(16)17)8(12-4-11-7)20-3-5(15)19-2/h4H,3H2,1-2H3,(H,16,17)/p-1. The predicted molar refractivity (Wildman–Crippen MR) is 64.5 cm³/mol. The second kappa shape index (κ2) is 5.33. The lowest BCUT2D eigenvalue weighted by Crippen LogP contribution is -2.40. The van der Waals surface area contributed by atoms with Gasteiger partial charge >= 0.3 is 11.8 Å². The van der Waals surface area contributed by atoms with Crippen LogP contribution in [0.25, 0.3) is 11.2 Å². The summed E-state index contributed by atoms with van der Waals surface area (Å²) in [5.41, 5.74) is 0.115. The number of rotatable bonds is 4. The first kappa shape index (κ1) is 14.1. The number of carbonyl (C=O) groups excluding carboxylic acids is 2. The minimum atomic E-state index is -1.62. The van der Waals surface area contributed by atoms with Gasteiger partial charge in [-0.3, -0.25) is 4.79 Å². The minimum absolute atomic E-state index is 0.0249. The molecule has 2 aromatic rings. The number of aromatic carboxylic acids is 1. The van der Waals surface area contributed by atoms with Crippen LogP contribution >= 0.6 is 11.8 Å². The number of hydrogen-bond donors (Lipinski definition) is 0. The summed E-state index contributed by atoms with van der Waals surface area (Å²) in [5, 5.41) is 23.1. The second-order valence-corrected chi connectivity index (χ2v) is 4.64. The molecule has 0 N–H and O–H groups in total. The monoisotopic (exact) mass is 297 g/mol. The molecule has 0 radical (unpaired) electrons. The Hall–Kier alpha value is -2.36. The van der Waals surface area contributed by atoms with E-state index in [0.29, 0.717) is 0 Å². The lowest BCUT2D eigenvalue weighted by atomic mass is 10.5. The molecule has 9 nitrogen and oxygen atoms in total. The third-order valence-electron chi connectivity index (χ3n) is 2.54. The van der Waals surface area contributed by atoms with Gasteiger partial charge in [0.15, 0.2) is 11.0 Å². The third kappa shape index (κ3) is 2.25. The van der Waals surface area contributed by atoms with Crippen LogP contribution in [-0.4, -0.2) is 39.3 Å². The van der Waals surface area contributed by atoms with Gasteiger partial charge in [-0.2, -0.15) is 4.98 Å². The first-order chi connectivity index (χ1) is 9.47. The first-order valence-electron chi connectivity index (χ1n) is 5.31. The van der Waals surface area contributed by atoms with E-state index < -0.39 is 17.8 Å². The summed E-state index contributed by atoms with van der Waals surface area (Å²) < 4.78 is 5.77. The van der Waals surface area contributed by atoms with Gasteiger partial charge in [0.25, 0.3) is 5.65 Å². The number of carbonyl (C=O) groups is 2. The summed E-state index contributed by atoms with van der Waals surface area (Å²) in [4.78, 5) is 29.8. The molecule has 2 aromatic heterocycles. The van der Waals surface area contributed by atoms with Crippen LogP contribution in [-0.2, 0) is 16.6 Å². The fourth-order valence-corrected chi connectivity index (χ4v) is 2.44. The maximum atomic E-state index is 12.0. The Balaban J connectivity index is 2.54. The fraction of sp³-hybridized carbons (Fsp3) is 0.300. The average molecular weight is 297 g/mol.